The lowest BCUT2D eigenvalue weighted by Crippen LogP contribution is -2.24. The molecule has 5 heterocycles. The molecule has 2 amide bonds. The van der Waals surface area contributed by atoms with E-state index in [1.807, 2.05) is 10.9 Å². The standard InChI is InChI=1S/C27H28FN9OS2/c28-19-4-3-5-20(12-19)34-26(38)35-27-30-15-21(39-27)6-7-29-25-24-22(31-17-32-25)13-23(40-24)18-14-33-37(16-18)11-10-36-8-1-2-9-36/h3-5,12-17H,1-2,6-11H2,(H,29,31,32)(H2,30,34,35,38). The Morgan fingerprint density at radius 1 is 1.02 bits per heavy atom. The van der Waals surface area contributed by atoms with E-state index in [-0.39, 0.29) is 0 Å². The summed E-state index contributed by atoms with van der Waals surface area (Å²) < 4.78 is 16.3. The van der Waals surface area contributed by atoms with Gasteiger partial charge in [0.2, 0.25) is 0 Å². The van der Waals surface area contributed by atoms with Crippen LogP contribution >= 0.6 is 22.7 Å². The number of halogens is 1. The Kier molecular flexibility index (Phi) is 7.93. The zero-order valence-electron chi connectivity index (χ0n) is 21.6. The van der Waals surface area contributed by atoms with Gasteiger partial charge in [0, 0.05) is 52.9 Å². The quantitative estimate of drug-likeness (QED) is 0.200. The number of amides is 2. The van der Waals surface area contributed by atoms with E-state index in [2.05, 4.69) is 53.2 Å². The fraction of sp³-hybridized carbons (Fsp3) is 0.296. The van der Waals surface area contributed by atoms with Gasteiger partial charge in [0.1, 0.15) is 18.0 Å². The van der Waals surface area contributed by atoms with Crippen molar-refractivity contribution in [3.05, 3.63) is 65.9 Å². The molecule has 10 nitrogen and oxygen atoms in total. The van der Waals surface area contributed by atoms with E-state index in [1.54, 1.807) is 29.9 Å². The molecule has 1 aromatic carbocycles. The number of benzene rings is 1. The summed E-state index contributed by atoms with van der Waals surface area (Å²) in [7, 11) is 0. The molecule has 0 saturated carbocycles. The molecule has 0 radical (unpaired) electrons. The minimum absolute atomic E-state index is 0.373. The summed E-state index contributed by atoms with van der Waals surface area (Å²) in [6.07, 6.45) is 10.6. The second-order valence-electron chi connectivity index (χ2n) is 9.49. The maximum absolute atomic E-state index is 13.3. The molecular formula is C27H28FN9OS2. The minimum Gasteiger partial charge on any atom is -0.368 e. The number of thiazole rings is 1. The second-order valence-corrected chi connectivity index (χ2v) is 11.7. The summed E-state index contributed by atoms with van der Waals surface area (Å²) in [4.78, 5) is 30.0. The minimum atomic E-state index is -0.473. The molecule has 13 heteroatoms. The number of fused-ring (bicyclic) bond motifs is 1. The summed E-state index contributed by atoms with van der Waals surface area (Å²) in [6.45, 7) is 4.95. The van der Waals surface area contributed by atoms with Crippen LogP contribution in [-0.2, 0) is 13.0 Å². The Balaban J connectivity index is 1.03. The number of anilines is 3. The lowest BCUT2D eigenvalue weighted by atomic mass is 10.3. The van der Waals surface area contributed by atoms with E-state index in [0.29, 0.717) is 23.8 Å². The molecule has 1 saturated heterocycles. The molecule has 1 fully saturated rings. The Labute approximate surface area is 238 Å². The van der Waals surface area contributed by atoms with Gasteiger partial charge in [-0.05, 0) is 50.2 Å². The first-order chi connectivity index (χ1) is 19.6. The van der Waals surface area contributed by atoms with E-state index >= 15 is 0 Å². The molecule has 0 unspecified atom stereocenters. The first kappa shape index (κ1) is 26.3. The van der Waals surface area contributed by atoms with Gasteiger partial charge < -0.3 is 15.5 Å². The van der Waals surface area contributed by atoms with Gasteiger partial charge in [-0.1, -0.05) is 6.07 Å². The zero-order valence-corrected chi connectivity index (χ0v) is 23.3. The lowest BCUT2D eigenvalue weighted by Gasteiger charge is -2.13. The van der Waals surface area contributed by atoms with Crippen molar-refractivity contribution in [1.29, 1.82) is 0 Å². The predicted octanol–water partition coefficient (Wildman–Crippen LogP) is 5.54. The largest absolute Gasteiger partial charge is 0.368 e. The van der Waals surface area contributed by atoms with Crippen LogP contribution in [0.15, 0.2) is 55.2 Å². The lowest BCUT2D eigenvalue weighted by molar-refractivity contribution is 0.262. The van der Waals surface area contributed by atoms with Crippen LogP contribution in [0.1, 0.15) is 17.7 Å². The van der Waals surface area contributed by atoms with Crippen molar-refractivity contribution in [3.8, 4) is 10.4 Å². The molecule has 0 aliphatic carbocycles. The highest BCUT2D eigenvalue weighted by atomic mass is 32.1. The normalized spacial score (nSPS) is 13.6. The summed E-state index contributed by atoms with van der Waals surface area (Å²) in [5.41, 5.74) is 2.36. The molecule has 206 valence electrons. The van der Waals surface area contributed by atoms with Crippen LogP contribution in [0, 0.1) is 5.82 Å². The number of carbonyl (C=O) groups is 1. The van der Waals surface area contributed by atoms with E-state index in [0.717, 1.165) is 44.4 Å². The van der Waals surface area contributed by atoms with Crippen molar-refractivity contribution in [2.24, 2.45) is 0 Å². The van der Waals surface area contributed by atoms with Gasteiger partial charge in [0.15, 0.2) is 5.13 Å². The molecule has 0 atom stereocenters. The molecule has 40 heavy (non-hydrogen) atoms. The molecular weight excluding hydrogens is 549 g/mol. The molecule has 3 N–H and O–H groups in total. The third-order valence-corrected chi connectivity index (χ3v) is 8.75. The second kappa shape index (κ2) is 12.1. The van der Waals surface area contributed by atoms with Crippen molar-refractivity contribution < 1.29 is 9.18 Å². The number of rotatable bonds is 10. The number of carbonyl (C=O) groups excluding carboxylic acids is 1. The number of hydrogen-bond acceptors (Lipinski definition) is 9. The third kappa shape index (κ3) is 6.43. The van der Waals surface area contributed by atoms with Crippen LogP contribution in [0.2, 0.25) is 0 Å². The molecule has 4 aromatic heterocycles. The van der Waals surface area contributed by atoms with E-state index in [9.17, 15) is 9.18 Å². The van der Waals surface area contributed by atoms with E-state index in [4.69, 9.17) is 0 Å². The average molecular weight is 578 g/mol. The highest BCUT2D eigenvalue weighted by Gasteiger charge is 2.14. The monoisotopic (exact) mass is 577 g/mol. The predicted molar refractivity (Wildman–Crippen MR) is 158 cm³/mol. The number of nitrogens with zero attached hydrogens (tertiary/aromatic N) is 6. The number of aromatic nitrogens is 5. The molecule has 0 spiro atoms. The average Bonchev–Trinajstić information content (AvgIpc) is 3.75. The molecule has 1 aliphatic heterocycles. The van der Waals surface area contributed by atoms with Crippen molar-refractivity contribution in [1.82, 2.24) is 29.6 Å². The van der Waals surface area contributed by atoms with Crippen molar-refractivity contribution in [3.63, 3.8) is 0 Å². The van der Waals surface area contributed by atoms with Crippen molar-refractivity contribution in [2.75, 3.05) is 42.1 Å². The molecule has 0 bridgehead atoms. The molecule has 5 aromatic rings. The SMILES string of the molecule is O=C(Nc1cccc(F)c1)Nc1ncc(CCNc2ncnc3cc(-c4cnn(CCN5CCCC5)c4)sc23)s1. The van der Waals surface area contributed by atoms with Crippen LogP contribution in [0.4, 0.5) is 25.8 Å². The third-order valence-electron chi connectivity index (χ3n) is 6.59. The van der Waals surface area contributed by atoms with Gasteiger partial charge in [-0.3, -0.25) is 10.00 Å². The number of hydrogen-bond donors (Lipinski definition) is 3. The topological polar surface area (TPSA) is 113 Å². The Morgan fingerprint density at radius 3 is 2.80 bits per heavy atom. The summed E-state index contributed by atoms with van der Waals surface area (Å²) in [5, 5.41) is 13.8. The van der Waals surface area contributed by atoms with Crippen molar-refractivity contribution >= 4 is 55.6 Å². The highest BCUT2D eigenvalue weighted by molar-refractivity contribution is 7.22. The Morgan fingerprint density at radius 2 is 1.93 bits per heavy atom. The zero-order chi connectivity index (χ0) is 27.3. The maximum Gasteiger partial charge on any atom is 0.325 e. The number of thiophene rings is 1. The summed E-state index contributed by atoms with van der Waals surface area (Å²) in [6, 6.07) is 7.34. The van der Waals surface area contributed by atoms with Crippen LogP contribution in [0.25, 0.3) is 20.7 Å². The fourth-order valence-corrected chi connectivity index (χ4v) is 6.45. The number of urea groups is 1. The van der Waals surface area contributed by atoms with Gasteiger partial charge in [0.25, 0.3) is 0 Å². The van der Waals surface area contributed by atoms with Crippen molar-refractivity contribution in [2.45, 2.75) is 25.8 Å². The molecule has 1 aliphatic rings. The van der Waals surface area contributed by atoms with Gasteiger partial charge in [-0.15, -0.1) is 22.7 Å². The number of likely N-dealkylation sites (tertiary alicyclic amines) is 1. The van der Waals surface area contributed by atoms with Gasteiger partial charge in [-0.2, -0.15) is 5.10 Å². The van der Waals surface area contributed by atoms with E-state index < -0.39 is 11.8 Å². The number of nitrogens with one attached hydrogen (secondary N) is 3. The fourth-order valence-electron chi connectivity index (χ4n) is 4.60. The van der Waals surface area contributed by atoms with Gasteiger partial charge >= 0.3 is 6.03 Å². The van der Waals surface area contributed by atoms with Crippen LogP contribution in [0.5, 0.6) is 0 Å². The van der Waals surface area contributed by atoms with Crippen LogP contribution in [0.3, 0.4) is 0 Å². The molecule has 6 rings (SSSR count). The summed E-state index contributed by atoms with van der Waals surface area (Å²) >= 11 is 3.04. The first-order valence-corrected chi connectivity index (χ1v) is 14.7. The Hall–Kier alpha value is -3.94. The Bertz CT molecular complexity index is 1610. The van der Waals surface area contributed by atoms with Gasteiger partial charge in [0.05, 0.1) is 23.0 Å². The highest BCUT2D eigenvalue weighted by Crippen LogP contribution is 2.35. The smallest absolute Gasteiger partial charge is 0.325 e. The summed E-state index contributed by atoms with van der Waals surface area (Å²) in [5.74, 6) is 0.376. The van der Waals surface area contributed by atoms with E-state index in [1.165, 1.54) is 55.5 Å². The van der Waals surface area contributed by atoms with Gasteiger partial charge in [-0.25, -0.2) is 24.1 Å². The maximum atomic E-state index is 13.3. The van der Waals surface area contributed by atoms with Crippen LogP contribution < -0.4 is 16.0 Å². The first-order valence-electron chi connectivity index (χ1n) is 13.1. The van der Waals surface area contributed by atoms with Crippen LogP contribution in [-0.4, -0.2) is 61.8 Å².